The average molecular weight is 436 g/mol. The van der Waals surface area contributed by atoms with E-state index in [1.807, 2.05) is 59.3 Å². The van der Waals surface area contributed by atoms with Gasteiger partial charge in [-0.3, -0.25) is 22.9 Å². The maximum atomic E-state index is 12.9. The first kappa shape index (κ1) is 19.2. The third-order valence-electron chi connectivity index (χ3n) is 5.44. The van der Waals surface area contributed by atoms with E-state index in [2.05, 4.69) is 4.98 Å². The van der Waals surface area contributed by atoms with Crippen LogP contribution in [0.4, 0.5) is 0 Å². The summed E-state index contributed by atoms with van der Waals surface area (Å²) in [6.45, 7) is 0. The zero-order valence-corrected chi connectivity index (χ0v) is 17.8. The predicted octanol–water partition coefficient (Wildman–Crippen LogP) is 3.00. The van der Waals surface area contributed by atoms with Crippen molar-refractivity contribution in [3.05, 3.63) is 80.6 Å². The van der Waals surface area contributed by atoms with Crippen molar-refractivity contribution < 1.29 is 4.74 Å². The van der Waals surface area contributed by atoms with E-state index in [9.17, 15) is 9.59 Å². The summed E-state index contributed by atoms with van der Waals surface area (Å²) in [6, 6.07) is 15.0. The Kier molecular flexibility index (Phi) is 4.26. The molecule has 0 amide bonds. The number of rotatable bonds is 3. The Morgan fingerprint density at radius 3 is 2.26 bits per heavy atom. The van der Waals surface area contributed by atoms with Gasteiger partial charge < -0.3 is 4.74 Å². The molecule has 5 rings (SSSR count). The van der Waals surface area contributed by atoms with Crippen molar-refractivity contribution in [3.8, 4) is 22.7 Å². The Hall–Kier alpha value is -3.78. The fourth-order valence-corrected chi connectivity index (χ4v) is 3.91. The number of methoxy groups -OCH3 is 1. The summed E-state index contributed by atoms with van der Waals surface area (Å²) in [5, 5.41) is 0.630. The smallest absolute Gasteiger partial charge is 0.332 e. The fourth-order valence-electron chi connectivity index (χ4n) is 3.78. The van der Waals surface area contributed by atoms with Gasteiger partial charge in [0.05, 0.1) is 12.8 Å². The van der Waals surface area contributed by atoms with E-state index in [0.717, 1.165) is 27.3 Å². The zero-order valence-electron chi connectivity index (χ0n) is 17.0. The van der Waals surface area contributed by atoms with Gasteiger partial charge in [0.15, 0.2) is 11.2 Å². The molecule has 0 bridgehead atoms. The second-order valence-corrected chi connectivity index (χ2v) is 7.65. The Morgan fingerprint density at radius 1 is 0.935 bits per heavy atom. The molecule has 0 spiro atoms. The number of halogens is 1. The summed E-state index contributed by atoms with van der Waals surface area (Å²) >= 11 is 6.08. The van der Waals surface area contributed by atoms with Gasteiger partial charge in [0.25, 0.3) is 5.56 Å². The molecule has 0 aliphatic rings. The molecule has 0 aliphatic heterocycles. The number of aromatic nitrogens is 5. The first-order valence-corrected chi connectivity index (χ1v) is 9.88. The molecule has 0 fully saturated rings. The first-order chi connectivity index (χ1) is 14.9. The highest BCUT2D eigenvalue weighted by molar-refractivity contribution is 6.30. The number of benzene rings is 2. The number of hydrogen-bond donors (Lipinski definition) is 0. The highest BCUT2D eigenvalue weighted by Gasteiger charge is 2.21. The van der Waals surface area contributed by atoms with Crippen LogP contribution in [0.25, 0.3) is 33.9 Å². The number of ether oxygens (including phenoxy) is 1. The second-order valence-electron chi connectivity index (χ2n) is 7.21. The molecule has 0 atom stereocenters. The Morgan fingerprint density at radius 2 is 1.61 bits per heavy atom. The Bertz CT molecular complexity index is 1570. The largest absolute Gasteiger partial charge is 0.497 e. The SMILES string of the molecule is COc1ccc(-n2c(-c3ccc(Cl)cc3)cn3c4c(=O)n(C)c(=O)n(C)c4nc23)cc1. The van der Waals surface area contributed by atoms with Crippen molar-refractivity contribution in [2.75, 3.05) is 7.11 Å². The summed E-state index contributed by atoms with van der Waals surface area (Å²) in [5.74, 6) is 1.24. The monoisotopic (exact) mass is 435 g/mol. The van der Waals surface area contributed by atoms with Crippen LogP contribution in [0.2, 0.25) is 5.02 Å². The summed E-state index contributed by atoms with van der Waals surface area (Å²) in [6.07, 6.45) is 1.85. The molecule has 0 unspecified atom stereocenters. The third-order valence-corrected chi connectivity index (χ3v) is 5.69. The molecule has 3 aromatic heterocycles. The van der Waals surface area contributed by atoms with Crippen molar-refractivity contribution in [1.82, 2.24) is 23.1 Å². The molecule has 9 heteroatoms. The quantitative estimate of drug-likeness (QED) is 0.436. The van der Waals surface area contributed by atoms with E-state index < -0.39 is 11.2 Å². The molecule has 31 heavy (non-hydrogen) atoms. The van der Waals surface area contributed by atoms with E-state index in [1.165, 1.54) is 11.6 Å². The fraction of sp³-hybridized carbons (Fsp3) is 0.136. The molecule has 5 aromatic rings. The summed E-state index contributed by atoms with van der Waals surface area (Å²) in [5.41, 5.74) is 2.39. The van der Waals surface area contributed by atoms with Crippen LogP contribution in [0.15, 0.2) is 64.3 Å². The van der Waals surface area contributed by atoms with E-state index in [-0.39, 0.29) is 0 Å². The van der Waals surface area contributed by atoms with Gasteiger partial charge in [-0.1, -0.05) is 23.7 Å². The topological polar surface area (TPSA) is 75.5 Å². The highest BCUT2D eigenvalue weighted by atomic mass is 35.5. The minimum atomic E-state index is -0.424. The van der Waals surface area contributed by atoms with Crippen molar-refractivity contribution in [2.45, 2.75) is 0 Å². The third kappa shape index (κ3) is 2.79. The van der Waals surface area contributed by atoms with Crippen LogP contribution in [0.1, 0.15) is 0 Å². The molecule has 8 nitrogen and oxygen atoms in total. The molecule has 0 saturated heterocycles. The van der Waals surface area contributed by atoms with Crippen molar-refractivity contribution in [1.29, 1.82) is 0 Å². The zero-order chi connectivity index (χ0) is 21.9. The number of imidazole rings is 2. The van der Waals surface area contributed by atoms with Gasteiger partial charge >= 0.3 is 5.69 Å². The molecule has 0 radical (unpaired) electrons. The Balaban J connectivity index is 1.92. The van der Waals surface area contributed by atoms with Crippen LogP contribution in [-0.2, 0) is 14.1 Å². The Labute approximate surface area is 181 Å². The van der Waals surface area contributed by atoms with Crippen LogP contribution in [-0.4, -0.2) is 30.2 Å². The van der Waals surface area contributed by atoms with Gasteiger partial charge in [-0.2, -0.15) is 4.98 Å². The van der Waals surface area contributed by atoms with Crippen molar-refractivity contribution in [2.24, 2.45) is 14.1 Å². The summed E-state index contributed by atoms with van der Waals surface area (Å²) in [7, 11) is 4.68. The molecular weight excluding hydrogens is 418 g/mol. The van der Waals surface area contributed by atoms with Crippen LogP contribution < -0.4 is 16.0 Å². The van der Waals surface area contributed by atoms with Crippen LogP contribution in [0.3, 0.4) is 0 Å². The molecule has 0 N–H and O–H groups in total. The van der Waals surface area contributed by atoms with Crippen molar-refractivity contribution >= 4 is 28.5 Å². The lowest BCUT2D eigenvalue weighted by Gasteiger charge is -2.10. The second kappa shape index (κ2) is 6.88. The van der Waals surface area contributed by atoms with E-state index in [1.54, 1.807) is 18.6 Å². The number of fused-ring (bicyclic) bond motifs is 3. The minimum Gasteiger partial charge on any atom is -0.497 e. The van der Waals surface area contributed by atoms with Gasteiger partial charge in [0.2, 0.25) is 5.78 Å². The lowest BCUT2D eigenvalue weighted by molar-refractivity contribution is 0.415. The van der Waals surface area contributed by atoms with Crippen LogP contribution in [0.5, 0.6) is 5.75 Å². The molecule has 2 aromatic carbocycles. The van der Waals surface area contributed by atoms with Crippen LogP contribution >= 0.6 is 11.6 Å². The van der Waals surface area contributed by atoms with Gasteiger partial charge in [0, 0.05) is 36.6 Å². The normalized spacial score (nSPS) is 11.5. The maximum absolute atomic E-state index is 12.9. The van der Waals surface area contributed by atoms with E-state index in [4.69, 9.17) is 16.3 Å². The standard InChI is InChI=1S/C22H18ClN5O3/c1-25-19-18(20(29)26(2)22(25)30)27-12-17(13-4-6-14(23)7-5-13)28(21(27)24-19)15-8-10-16(31-3)11-9-15/h4-12H,1-3H3. The highest BCUT2D eigenvalue weighted by Crippen LogP contribution is 2.30. The van der Waals surface area contributed by atoms with Crippen molar-refractivity contribution in [3.63, 3.8) is 0 Å². The molecular formula is C22H18ClN5O3. The van der Waals surface area contributed by atoms with Gasteiger partial charge in [-0.15, -0.1) is 0 Å². The average Bonchev–Trinajstić information content (AvgIpc) is 3.33. The molecule has 156 valence electrons. The van der Waals surface area contributed by atoms with Gasteiger partial charge in [-0.05, 0) is 36.4 Å². The molecule has 3 heterocycles. The maximum Gasteiger partial charge on any atom is 0.332 e. The summed E-state index contributed by atoms with van der Waals surface area (Å²) in [4.78, 5) is 30.0. The lowest BCUT2D eigenvalue weighted by Crippen LogP contribution is -2.37. The van der Waals surface area contributed by atoms with E-state index in [0.29, 0.717) is 22.0 Å². The van der Waals surface area contributed by atoms with Crippen LogP contribution in [0, 0.1) is 0 Å². The molecule has 0 saturated carbocycles. The predicted molar refractivity (Wildman–Crippen MR) is 120 cm³/mol. The number of hydrogen-bond acceptors (Lipinski definition) is 4. The van der Waals surface area contributed by atoms with E-state index >= 15 is 0 Å². The minimum absolute atomic E-state index is 0.327. The number of aryl methyl sites for hydroxylation is 1. The lowest BCUT2D eigenvalue weighted by atomic mass is 10.1. The molecule has 0 aliphatic carbocycles. The number of nitrogens with zero attached hydrogens (tertiary/aromatic N) is 5. The van der Waals surface area contributed by atoms with Gasteiger partial charge in [-0.25, -0.2) is 4.79 Å². The summed E-state index contributed by atoms with van der Waals surface area (Å²) < 4.78 is 11.4. The first-order valence-electron chi connectivity index (χ1n) is 9.50. The van der Waals surface area contributed by atoms with Gasteiger partial charge in [0.1, 0.15) is 5.75 Å².